The van der Waals surface area contributed by atoms with Gasteiger partial charge in [0.25, 0.3) is 5.91 Å². The molecule has 1 saturated heterocycles. The molecule has 2 aromatic heterocycles. The number of carbonyl (C=O) groups is 1. The molecule has 2 aromatic carbocycles. The van der Waals surface area contributed by atoms with E-state index in [1.807, 2.05) is 48.2 Å². The maximum Gasteiger partial charge on any atom is 0.256 e. The second-order valence-electron chi connectivity index (χ2n) is 7.76. The van der Waals surface area contributed by atoms with Gasteiger partial charge in [0.1, 0.15) is 0 Å². The van der Waals surface area contributed by atoms with Crippen LogP contribution in [0.2, 0.25) is 0 Å². The Labute approximate surface area is 185 Å². The number of carbonyl (C=O) groups excluding carboxylic acids is 1. The second-order valence-corrected chi connectivity index (χ2v) is 7.76. The third kappa shape index (κ3) is 4.02. The zero-order chi connectivity index (χ0) is 21.9. The number of morpholine rings is 1. The first-order chi connectivity index (χ1) is 15.7. The summed E-state index contributed by atoms with van der Waals surface area (Å²) in [5.41, 5.74) is 4.26. The van der Waals surface area contributed by atoms with Crippen molar-refractivity contribution >= 4 is 5.91 Å². The van der Waals surface area contributed by atoms with Gasteiger partial charge < -0.3 is 9.64 Å². The molecule has 4 aromatic rings. The van der Waals surface area contributed by atoms with Gasteiger partial charge in [-0.1, -0.05) is 18.2 Å². The number of ether oxygens (including phenoxy) is 1. The van der Waals surface area contributed by atoms with Gasteiger partial charge in [0.2, 0.25) is 0 Å². The average Bonchev–Trinajstić information content (AvgIpc) is 3.54. The van der Waals surface area contributed by atoms with E-state index in [2.05, 4.69) is 26.5 Å². The van der Waals surface area contributed by atoms with Crippen LogP contribution in [-0.2, 0) is 11.2 Å². The van der Waals surface area contributed by atoms with Crippen molar-refractivity contribution in [3.05, 3.63) is 83.9 Å². The molecule has 1 aliphatic rings. The summed E-state index contributed by atoms with van der Waals surface area (Å²) in [7, 11) is 0. The molecular formula is C23H23N7O2. The highest BCUT2D eigenvalue weighted by Gasteiger charge is 2.30. The third-order valence-electron chi connectivity index (χ3n) is 5.54. The van der Waals surface area contributed by atoms with Gasteiger partial charge in [-0.25, -0.2) is 0 Å². The largest absolute Gasteiger partial charge is 0.377 e. The lowest BCUT2D eigenvalue weighted by Gasteiger charge is -2.36. The second kappa shape index (κ2) is 8.72. The van der Waals surface area contributed by atoms with Crippen LogP contribution in [0.15, 0.2) is 67.3 Å². The molecule has 0 bridgehead atoms. The standard InChI is InChI=1S/C23H23N7O2/c1-17-5-6-21(22(13-17)30-26-9-10-27-30)23(31)28-11-12-32-16-20(28)15-18-3-2-4-19(14-18)29-24-7-8-25-29/h2-10,13-14,20H,11-12,15-16H2,1H3. The van der Waals surface area contributed by atoms with Gasteiger partial charge in [-0.3, -0.25) is 4.79 Å². The van der Waals surface area contributed by atoms with Crippen LogP contribution in [0, 0.1) is 6.92 Å². The molecule has 162 valence electrons. The Balaban J connectivity index is 1.42. The molecule has 9 nitrogen and oxygen atoms in total. The Morgan fingerprint density at radius 3 is 2.53 bits per heavy atom. The molecule has 0 aliphatic carbocycles. The molecule has 1 amide bonds. The van der Waals surface area contributed by atoms with Gasteiger partial charge in [-0.2, -0.15) is 30.0 Å². The van der Waals surface area contributed by atoms with Crippen LogP contribution in [0.1, 0.15) is 21.5 Å². The zero-order valence-corrected chi connectivity index (χ0v) is 17.7. The van der Waals surface area contributed by atoms with Crippen LogP contribution in [0.3, 0.4) is 0 Å². The summed E-state index contributed by atoms with van der Waals surface area (Å²) in [6.45, 7) is 3.52. The SMILES string of the molecule is Cc1ccc(C(=O)N2CCOCC2Cc2cccc(-n3nccn3)c2)c(-n2nccn2)c1. The molecule has 1 atom stereocenters. The van der Waals surface area contributed by atoms with E-state index in [4.69, 9.17) is 4.74 Å². The summed E-state index contributed by atoms with van der Waals surface area (Å²) in [5.74, 6) is -0.0458. The van der Waals surface area contributed by atoms with Crippen molar-refractivity contribution in [3.63, 3.8) is 0 Å². The van der Waals surface area contributed by atoms with E-state index in [1.54, 1.807) is 29.6 Å². The number of nitrogens with zero attached hydrogens (tertiary/aromatic N) is 7. The number of amides is 1. The number of hydrogen-bond acceptors (Lipinski definition) is 6. The predicted molar refractivity (Wildman–Crippen MR) is 117 cm³/mol. The van der Waals surface area contributed by atoms with Gasteiger partial charge in [0.15, 0.2) is 0 Å². The van der Waals surface area contributed by atoms with E-state index in [0.717, 1.165) is 16.8 Å². The smallest absolute Gasteiger partial charge is 0.256 e. The molecule has 32 heavy (non-hydrogen) atoms. The number of hydrogen-bond donors (Lipinski definition) is 0. The number of aromatic nitrogens is 6. The van der Waals surface area contributed by atoms with Crippen LogP contribution in [0.25, 0.3) is 11.4 Å². The minimum absolute atomic E-state index is 0.0458. The highest BCUT2D eigenvalue weighted by molar-refractivity contribution is 5.98. The lowest BCUT2D eigenvalue weighted by molar-refractivity contribution is -0.00165. The molecule has 0 radical (unpaired) electrons. The highest BCUT2D eigenvalue weighted by Crippen LogP contribution is 2.22. The normalized spacial score (nSPS) is 16.3. The van der Waals surface area contributed by atoms with E-state index in [1.165, 1.54) is 4.80 Å². The van der Waals surface area contributed by atoms with E-state index >= 15 is 0 Å². The fraction of sp³-hybridized carbons (Fsp3) is 0.261. The molecule has 5 rings (SSSR count). The maximum absolute atomic E-state index is 13.7. The van der Waals surface area contributed by atoms with E-state index in [-0.39, 0.29) is 11.9 Å². The van der Waals surface area contributed by atoms with Crippen molar-refractivity contribution in [2.45, 2.75) is 19.4 Å². The lowest BCUT2D eigenvalue weighted by Crippen LogP contribution is -2.50. The van der Waals surface area contributed by atoms with Crippen molar-refractivity contribution < 1.29 is 9.53 Å². The molecule has 1 fully saturated rings. The molecule has 3 heterocycles. The van der Waals surface area contributed by atoms with Crippen molar-refractivity contribution in [1.82, 2.24) is 34.9 Å². The number of rotatable bonds is 5. The quantitative estimate of drug-likeness (QED) is 0.483. The Bertz CT molecular complexity index is 1210. The van der Waals surface area contributed by atoms with Crippen LogP contribution in [0.4, 0.5) is 0 Å². The minimum atomic E-state index is -0.0863. The van der Waals surface area contributed by atoms with Crippen LogP contribution >= 0.6 is 0 Å². The number of benzene rings is 2. The van der Waals surface area contributed by atoms with Crippen LogP contribution < -0.4 is 0 Å². The molecule has 9 heteroatoms. The van der Waals surface area contributed by atoms with Crippen molar-refractivity contribution in [3.8, 4) is 11.4 Å². The van der Waals surface area contributed by atoms with E-state index in [9.17, 15) is 4.79 Å². The summed E-state index contributed by atoms with van der Waals surface area (Å²) in [4.78, 5) is 18.6. The monoisotopic (exact) mass is 429 g/mol. The predicted octanol–water partition coefficient (Wildman–Crippen LogP) is 2.24. The molecule has 0 spiro atoms. The van der Waals surface area contributed by atoms with Gasteiger partial charge in [0, 0.05) is 6.54 Å². The first-order valence-corrected chi connectivity index (χ1v) is 10.5. The summed E-state index contributed by atoms with van der Waals surface area (Å²) in [5, 5.41) is 16.9. The van der Waals surface area contributed by atoms with Crippen LogP contribution in [0.5, 0.6) is 0 Å². The van der Waals surface area contributed by atoms with Gasteiger partial charge in [-0.15, -0.1) is 0 Å². The first-order valence-electron chi connectivity index (χ1n) is 10.5. The Kier molecular flexibility index (Phi) is 5.47. The Morgan fingerprint density at radius 2 is 1.75 bits per heavy atom. The van der Waals surface area contributed by atoms with Gasteiger partial charge >= 0.3 is 0 Å². The topological polar surface area (TPSA) is 91.0 Å². The van der Waals surface area contributed by atoms with Gasteiger partial charge in [0.05, 0.1) is 61.0 Å². The van der Waals surface area contributed by atoms with Crippen molar-refractivity contribution in [1.29, 1.82) is 0 Å². The Morgan fingerprint density at radius 1 is 1.00 bits per heavy atom. The molecule has 1 aliphatic heterocycles. The molecule has 0 saturated carbocycles. The maximum atomic E-state index is 13.7. The number of aryl methyl sites for hydroxylation is 1. The minimum Gasteiger partial charge on any atom is -0.377 e. The average molecular weight is 429 g/mol. The fourth-order valence-electron chi connectivity index (χ4n) is 4.00. The third-order valence-corrected chi connectivity index (χ3v) is 5.54. The summed E-state index contributed by atoms with van der Waals surface area (Å²) in [6, 6.07) is 13.7. The summed E-state index contributed by atoms with van der Waals surface area (Å²) in [6.07, 6.45) is 7.18. The molecule has 1 unspecified atom stereocenters. The zero-order valence-electron chi connectivity index (χ0n) is 17.7. The van der Waals surface area contributed by atoms with E-state index in [0.29, 0.717) is 37.4 Å². The van der Waals surface area contributed by atoms with E-state index < -0.39 is 0 Å². The van der Waals surface area contributed by atoms with Crippen molar-refractivity contribution in [2.75, 3.05) is 19.8 Å². The summed E-state index contributed by atoms with van der Waals surface area (Å²) < 4.78 is 5.74. The summed E-state index contributed by atoms with van der Waals surface area (Å²) >= 11 is 0. The Hall–Kier alpha value is -3.85. The van der Waals surface area contributed by atoms with Crippen molar-refractivity contribution in [2.24, 2.45) is 0 Å². The van der Waals surface area contributed by atoms with Gasteiger partial charge in [-0.05, 0) is 48.7 Å². The lowest BCUT2D eigenvalue weighted by atomic mass is 10.0. The molecule has 0 N–H and O–H groups in total. The first kappa shape index (κ1) is 20.1. The van der Waals surface area contributed by atoms with Crippen LogP contribution in [-0.4, -0.2) is 66.6 Å². The molecular weight excluding hydrogens is 406 g/mol. The fourth-order valence-corrected chi connectivity index (χ4v) is 4.00. The highest BCUT2D eigenvalue weighted by atomic mass is 16.5.